The van der Waals surface area contributed by atoms with E-state index in [4.69, 9.17) is 9.47 Å². The van der Waals surface area contributed by atoms with Crippen molar-refractivity contribution in [2.45, 2.75) is 26.0 Å². The third kappa shape index (κ3) is 3.07. The van der Waals surface area contributed by atoms with Crippen LogP contribution in [0.2, 0.25) is 0 Å². The van der Waals surface area contributed by atoms with Gasteiger partial charge in [-0.15, -0.1) is 0 Å². The number of benzene rings is 2. The minimum Gasteiger partial charge on any atom is -0.493 e. The van der Waals surface area contributed by atoms with Crippen LogP contribution >= 0.6 is 0 Å². The molecule has 1 aliphatic heterocycles. The molecule has 108 valence electrons. The summed E-state index contributed by atoms with van der Waals surface area (Å²) >= 11 is 0. The van der Waals surface area contributed by atoms with Crippen molar-refractivity contribution in [3.05, 3.63) is 59.2 Å². The van der Waals surface area contributed by atoms with Crippen molar-refractivity contribution in [1.29, 1.82) is 0 Å². The van der Waals surface area contributed by atoms with Crippen LogP contribution in [0.3, 0.4) is 0 Å². The van der Waals surface area contributed by atoms with Gasteiger partial charge in [0.25, 0.3) is 0 Å². The van der Waals surface area contributed by atoms with Gasteiger partial charge in [-0.1, -0.05) is 30.3 Å². The zero-order valence-corrected chi connectivity index (χ0v) is 12.4. The molecule has 1 aliphatic rings. The molecule has 2 aromatic carbocycles. The van der Waals surface area contributed by atoms with Crippen molar-refractivity contribution in [2.24, 2.45) is 4.99 Å². The standard InChI is InChI=1S/C18H19NO2/c1-13-8-15-9-18(17(20-2)10-16(15)11-19-13)21-12-14-6-4-3-5-7-14/h3-7,9-11,13H,8,12H2,1-2H3. The molecule has 3 nitrogen and oxygen atoms in total. The molecule has 1 atom stereocenters. The number of ether oxygens (including phenoxy) is 2. The van der Waals surface area contributed by atoms with Gasteiger partial charge < -0.3 is 9.47 Å². The Morgan fingerprint density at radius 3 is 2.71 bits per heavy atom. The molecule has 1 unspecified atom stereocenters. The van der Waals surface area contributed by atoms with Gasteiger partial charge in [0.15, 0.2) is 11.5 Å². The van der Waals surface area contributed by atoms with Crippen LogP contribution in [0.4, 0.5) is 0 Å². The summed E-state index contributed by atoms with van der Waals surface area (Å²) in [6.45, 7) is 2.66. The molecule has 3 heteroatoms. The van der Waals surface area contributed by atoms with E-state index in [9.17, 15) is 0 Å². The predicted molar refractivity (Wildman–Crippen MR) is 84.5 cm³/mol. The zero-order chi connectivity index (χ0) is 14.7. The second-order valence-corrected chi connectivity index (χ2v) is 5.31. The highest BCUT2D eigenvalue weighted by Gasteiger charge is 2.16. The Bertz CT molecular complexity index is 650. The quantitative estimate of drug-likeness (QED) is 0.856. The maximum atomic E-state index is 5.95. The van der Waals surface area contributed by atoms with E-state index >= 15 is 0 Å². The Hall–Kier alpha value is -2.29. The number of hydrogen-bond acceptors (Lipinski definition) is 3. The van der Waals surface area contributed by atoms with Gasteiger partial charge in [0.05, 0.1) is 13.2 Å². The molecule has 3 rings (SSSR count). The van der Waals surface area contributed by atoms with Crippen LogP contribution in [0, 0.1) is 0 Å². The van der Waals surface area contributed by atoms with Crippen molar-refractivity contribution in [1.82, 2.24) is 0 Å². The zero-order valence-electron chi connectivity index (χ0n) is 12.4. The Kier molecular flexibility index (Phi) is 3.91. The Balaban J connectivity index is 1.84. The largest absolute Gasteiger partial charge is 0.493 e. The van der Waals surface area contributed by atoms with Crippen molar-refractivity contribution < 1.29 is 9.47 Å². The van der Waals surface area contributed by atoms with Gasteiger partial charge in [-0.3, -0.25) is 4.99 Å². The first-order valence-corrected chi connectivity index (χ1v) is 7.17. The summed E-state index contributed by atoms with van der Waals surface area (Å²) in [6.07, 6.45) is 2.87. The van der Waals surface area contributed by atoms with Crippen molar-refractivity contribution in [3.8, 4) is 11.5 Å². The van der Waals surface area contributed by atoms with Crippen molar-refractivity contribution >= 4 is 6.21 Å². The smallest absolute Gasteiger partial charge is 0.161 e. The van der Waals surface area contributed by atoms with E-state index in [0.29, 0.717) is 12.6 Å². The topological polar surface area (TPSA) is 30.8 Å². The first kappa shape index (κ1) is 13.7. The predicted octanol–water partition coefficient (Wildman–Crippen LogP) is 3.64. The molecule has 1 heterocycles. The van der Waals surface area contributed by atoms with Gasteiger partial charge in [-0.25, -0.2) is 0 Å². The second-order valence-electron chi connectivity index (χ2n) is 5.31. The Labute approximate surface area is 125 Å². The van der Waals surface area contributed by atoms with Gasteiger partial charge in [0.1, 0.15) is 6.61 Å². The first-order chi connectivity index (χ1) is 10.3. The highest BCUT2D eigenvalue weighted by Crippen LogP contribution is 2.33. The number of nitrogens with zero attached hydrogens (tertiary/aromatic N) is 1. The van der Waals surface area contributed by atoms with Gasteiger partial charge in [0.2, 0.25) is 0 Å². The number of rotatable bonds is 4. The molecule has 0 aliphatic carbocycles. The highest BCUT2D eigenvalue weighted by molar-refractivity contribution is 5.84. The van der Waals surface area contributed by atoms with E-state index in [1.54, 1.807) is 7.11 Å². The third-order valence-corrected chi connectivity index (χ3v) is 3.65. The molecule has 0 bridgehead atoms. The average Bonchev–Trinajstić information content (AvgIpc) is 2.53. The van der Waals surface area contributed by atoms with Gasteiger partial charge in [-0.05, 0) is 42.2 Å². The highest BCUT2D eigenvalue weighted by atomic mass is 16.5. The fraction of sp³-hybridized carbons (Fsp3) is 0.278. The summed E-state index contributed by atoms with van der Waals surface area (Å²) < 4.78 is 11.4. The van der Waals surface area contributed by atoms with Crippen molar-refractivity contribution in [2.75, 3.05) is 7.11 Å². The summed E-state index contributed by atoms with van der Waals surface area (Å²) in [7, 11) is 1.67. The normalized spacial score (nSPS) is 16.4. The molecule has 0 amide bonds. The molecule has 0 N–H and O–H groups in total. The minimum absolute atomic E-state index is 0.327. The SMILES string of the molecule is COc1cc2c(cc1OCc1ccccc1)CC(C)N=C2. The summed E-state index contributed by atoms with van der Waals surface area (Å²) in [6, 6.07) is 14.6. The lowest BCUT2D eigenvalue weighted by molar-refractivity contribution is 0.284. The second kappa shape index (κ2) is 6.00. The summed E-state index contributed by atoms with van der Waals surface area (Å²) in [5.74, 6) is 1.55. The lowest BCUT2D eigenvalue weighted by atomic mass is 9.98. The van der Waals surface area contributed by atoms with E-state index in [2.05, 4.69) is 30.1 Å². The molecule has 21 heavy (non-hydrogen) atoms. The molecule has 0 fully saturated rings. The number of methoxy groups -OCH3 is 1. The lowest BCUT2D eigenvalue weighted by Crippen LogP contribution is -2.12. The summed E-state index contributed by atoms with van der Waals surface area (Å²) in [5.41, 5.74) is 3.53. The van der Waals surface area contributed by atoms with Gasteiger partial charge in [-0.2, -0.15) is 0 Å². The van der Waals surface area contributed by atoms with Crippen LogP contribution in [-0.4, -0.2) is 19.4 Å². The average molecular weight is 281 g/mol. The number of hydrogen-bond donors (Lipinski definition) is 0. The Morgan fingerprint density at radius 2 is 1.95 bits per heavy atom. The molecule has 0 spiro atoms. The lowest BCUT2D eigenvalue weighted by Gasteiger charge is -2.19. The van der Waals surface area contributed by atoms with E-state index in [0.717, 1.165) is 29.0 Å². The van der Waals surface area contributed by atoms with Crippen LogP contribution in [0.25, 0.3) is 0 Å². The van der Waals surface area contributed by atoms with Gasteiger partial charge >= 0.3 is 0 Å². The van der Waals surface area contributed by atoms with E-state index in [-0.39, 0.29) is 0 Å². The minimum atomic E-state index is 0.327. The van der Waals surface area contributed by atoms with Crippen molar-refractivity contribution in [3.63, 3.8) is 0 Å². The monoisotopic (exact) mass is 281 g/mol. The fourth-order valence-electron chi connectivity index (χ4n) is 2.50. The molecule has 0 saturated carbocycles. The van der Waals surface area contributed by atoms with Crippen LogP contribution in [0.1, 0.15) is 23.6 Å². The summed E-state index contributed by atoms with van der Waals surface area (Å²) in [4.78, 5) is 4.45. The van der Waals surface area contributed by atoms with Crippen LogP contribution in [0.15, 0.2) is 47.5 Å². The molecule has 0 aromatic heterocycles. The first-order valence-electron chi connectivity index (χ1n) is 7.17. The van der Waals surface area contributed by atoms with Crippen LogP contribution in [0.5, 0.6) is 11.5 Å². The van der Waals surface area contributed by atoms with Crippen LogP contribution < -0.4 is 9.47 Å². The van der Waals surface area contributed by atoms with E-state index < -0.39 is 0 Å². The maximum Gasteiger partial charge on any atom is 0.161 e. The number of fused-ring (bicyclic) bond motifs is 1. The van der Waals surface area contributed by atoms with Crippen LogP contribution in [-0.2, 0) is 13.0 Å². The molecular weight excluding hydrogens is 262 g/mol. The van der Waals surface area contributed by atoms with E-state index in [1.807, 2.05) is 30.5 Å². The van der Waals surface area contributed by atoms with E-state index in [1.165, 1.54) is 5.56 Å². The maximum absolute atomic E-state index is 5.95. The molecular formula is C18H19NO2. The fourth-order valence-corrected chi connectivity index (χ4v) is 2.50. The molecule has 0 radical (unpaired) electrons. The summed E-state index contributed by atoms with van der Waals surface area (Å²) in [5, 5.41) is 0. The Morgan fingerprint density at radius 1 is 1.14 bits per heavy atom. The number of aliphatic imine (C=N–C) groups is 1. The van der Waals surface area contributed by atoms with Gasteiger partial charge in [0, 0.05) is 6.21 Å². The molecule has 0 saturated heterocycles. The molecule has 2 aromatic rings. The third-order valence-electron chi connectivity index (χ3n) is 3.65.